The second-order valence-corrected chi connectivity index (χ2v) is 10.4. The lowest BCUT2D eigenvalue weighted by Crippen LogP contribution is -2.34. The Kier molecular flexibility index (Phi) is 9.43. The van der Waals surface area contributed by atoms with Crippen molar-refractivity contribution in [3.05, 3.63) is 54.1 Å². The maximum atomic E-state index is 12.4. The van der Waals surface area contributed by atoms with E-state index >= 15 is 0 Å². The molecule has 0 heterocycles. The van der Waals surface area contributed by atoms with Crippen LogP contribution < -0.4 is 20.1 Å². The van der Waals surface area contributed by atoms with Crippen LogP contribution >= 0.6 is 0 Å². The van der Waals surface area contributed by atoms with Gasteiger partial charge in [-0.25, -0.2) is 13.1 Å². The maximum Gasteiger partial charge on any atom is 0.251 e. The number of carbonyl (C=O) groups is 2. The van der Waals surface area contributed by atoms with Crippen LogP contribution in [0, 0.1) is 5.41 Å². The number of benzene rings is 2. The van der Waals surface area contributed by atoms with Gasteiger partial charge in [0, 0.05) is 29.8 Å². The Morgan fingerprint density at radius 1 is 0.939 bits per heavy atom. The normalized spacial score (nSPS) is 11.6. The van der Waals surface area contributed by atoms with E-state index in [1.165, 1.54) is 12.1 Å². The molecule has 0 unspecified atom stereocenters. The van der Waals surface area contributed by atoms with E-state index in [-0.39, 0.29) is 29.8 Å². The van der Waals surface area contributed by atoms with Crippen LogP contribution in [-0.4, -0.2) is 39.9 Å². The Labute approximate surface area is 196 Å². The predicted molar refractivity (Wildman–Crippen MR) is 129 cm³/mol. The van der Waals surface area contributed by atoms with Crippen LogP contribution in [0.15, 0.2) is 53.4 Å². The second kappa shape index (κ2) is 11.8. The molecule has 0 aliphatic rings. The van der Waals surface area contributed by atoms with E-state index in [4.69, 9.17) is 4.74 Å². The summed E-state index contributed by atoms with van der Waals surface area (Å²) in [6.07, 6.45) is 1.96. The van der Waals surface area contributed by atoms with Crippen molar-refractivity contribution in [1.82, 2.24) is 10.0 Å². The maximum absolute atomic E-state index is 12.4. The Morgan fingerprint density at radius 3 is 2.15 bits per heavy atom. The highest BCUT2D eigenvalue weighted by atomic mass is 32.2. The number of carbonyl (C=O) groups excluding carboxylic acids is 2. The van der Waals surface area contributed by atoms with Gasteiger partial charge in [0.05, 0.1) is 11.5 Å². The molecule has 8 nitrogen and oxygen atoms in total. The van der Waals surface area contributed by atoms with Crippen molar-refractivity contribution in [3.63, 3.8) is 0 Å². The van der Waals surface area contributed by atoms with Crippen molar-refractivity contribution in [2.45, 2.75) is 45.4 Å². The minimum atomic E-state index is -3.69. The summed E-state index contributed by atoms with van der Waals surface area (Å²) in [5.74, 6) is 0.167. The fraction of sp³-hybridized carbons (Fsp3) is 0.417. The van der Waals surface area contributed by atoms with E-state index in [1.54, 1.807) is 36.4 Å². The smallest absolute Gasteiger partial charge is 0.251 e. The van der Waals surface area contributed by atoms with E-state index in [2.05, 4.69) is 22.3 Å². The summed E-state index contributed by atoms with van der Waals surface area (Å²) in [6, 6.07) is 12.7. The van der Waals surface area contributed by atoms with Gasteiger partial charge in [0.25, 0.3) is 5.91 Å². The van der Waals surface area contributed by atoms with Gasteiger partial charge in [-0.15, -0.1) is 0 Å². The Balaban J connectivity index is 1.80. The number of sulfonamides is 1. The molecule has 0 aromatic heterocycles. The fourth-order valence-electron chi connectivity index (χ4n) is 2.62. The molecular formula is C24H33N3O5S. The summed E-state index contributed by atoms with van der Waals surface area (Å²) in [6.45, 7) is 8.28. The lowest BCUT2D eigenvalue weighted by atomic mass is 9.95. The number of unbranched alkanes of at least 4 members (excludes halogenated alkanes) is 1. The van der Waals surface area contributed by atoms with Gasteiger partial charge < -0.3 is 15.4 Å². The van der Waals surface area contributed by atoms with Crippen LogP contribution in [0.4, 0.5) is 5.69 Å². The van der Waals surface area contributed by atoms with Crippen molar-refractivity contribution in [3.8, 4) is 5.75 Å². The van der Waals surface area contributed by atoms with E-state index in [0.29, 0.717) is 23.6 Å². The van der Waals surface area contributed by atoms with Crippen LogP contribution in [0.1, 0.15) is 50.9 Å². The number of amides is 2. The molecular weight excluding hydrogens is 442 g/mol. The first-order chi connectivity index (χ1) is 15.5. The molecule has 0 saturated carbocycles. The zero-order valence-corrected chi connectivity index (χ0v) is 20.4. The summed E-state index contributed by atoms with van der Waals surface area (Å²) in [5.41, 5.74) is 0.486. The van der Waals surface area contributed by atoms with Gasteiger partial charge in [0.2, 0.25) is 15.9 Å². The molecule has 0 atom stereocenters. The van der Waals surface area contributed by atoms with Crippen molar-refractivity contribution >= 4 is 27.5 Å². The van der Waals surface area contributed by atoms with Crippen molar-refractivity contribution in [2.24, 2.45) is 5.41 Å². The third kappa shape index (κ3) is 8.51. The summed E-state index contributed by atoms with van der Waals surface area (Å²) in [5, 5.41) is 5.47. The molecule has 33 heavy (non-hydrogen) atoms. The summed E-state index contributed by atoms with van der Waals surface area (Å²) in [4.78, 5) is 24.4. The van der Waals surface area contributed by atoms with Crippen LogP contribution in [0.2, 0.25) is 0 Å². The minimum Gasteiger partial charge on any atom is -0.494 e. The number of hydrogen-bond acceptors (Lipinski definition) is 5. The number of rotatable bonds is 11. The average Bonchev–Trinajstić information content (AvgIpc) is 2.77. The van der Waals surface area contributed by atoms with Crippen LogP contribution in [0.25, 0.3) is 0 Å². The predicted octanol–water partition coefficient (Wildman–Crippen LogP) is 3.56. The van der Waals surface area contributed by atoms with Gasteiger partial charge in [0.1, 0.15) is 5.75 Å². The van der Waals surface area contributed by atoms with E-state index in [9.17, 15) is 18.0 Å². The van der Waals surface area contributed by atoms with Crippen molar-refractivity contribution < 1.29 is 22.7 Å². The first-order valence-corrected chi connectivity index (χ1v) is 12.4. The number of nitrogens with one attached hydrogen (secondary N) is 3. The van der Waals surface area contributed by atoms with Crippen LogP contribution in [-0.2, 0) is 14.8 Å². The molecule has 9 heteroatoms. The highest BCUT2D eigenvalue weighted by molar-refractivity contribution is 7.89. The molecule has 2 aromatic rings. The minimum absolute atomic E-state index is 0.0442. The SMILES string of the molecule is CCCCOc1ccc(S(=O)(=O)NCCNC(=O)c2ccc(NC(=O)C(C)(C)C)cc2)cc1. The highest BCUT2D eigenvalue weighted by Crippen LogP contribution is 2.18. The molecule has 180 valence electrons. The zero-order valence-electron chi connectivity index (χ0n) is 19.6. The molecule has 0 spiro atoms. The van der Waals surface area contributed by atoms with E-state index in [1.807, 2.05) is 20.8 Å². The van der Waals surface area contributed by atoms with Gasteiger partial charge in [-0.1, -0.05) is 34.1 Å². The summed E-state index contributed by atoms with van der Waals surface area (Å²) in [7, 11) is -3.69. The van der Waals surface area contributed by atoms with Gasteiger partial charge in [-0.05, 0) is 55.0 Å². The number of ether oxygens (including phenoxy) is 1. The standard InChI is InChI=1S/C24H33N3O5S/c1-5-6-17-32-20-11-13-21(14-12-20)33(30,31)26-16-15-25-22(28)18-7-9-19(10-8-18)27-23(29)24(2,3)4/h7-14,26H,5-6,15-17H2,1-4H3,(H,25,28)(H,27,29). The molecule has 0 aliphatic carbocycles. The summed E-state index contributed by atoms with van der Waals surface area (Å²) < 4.78 is 32.8. The van der Waals surface area contributed by atoms with Gasteiger partial charge in [0.15, 0.2) is 0 Å². The van der Waals surface area contributed by atoms with Crippen LogP contribution in [0.5, 0.6) is 5.75 Å². The largest absolute Gasteiger partial charge is 0.494 e. The third-order valence-corrected chi connectivity index (χ3v) is 6.17. The molecule has 0 aliphatic heterocycles. The summed E-state index contributed by atoms with van der Waals surface area (Å²) >= 11 is 0. The lowest BCUT2D eigenvalue weighted by molar-refractivity contribution is -0.123. The van der Waals surface area contributed by atoms with Crippen molar-refractivity contribution in [2.75, 3.05) is 25.0 Å². The molecule has 0 saturated heterocycles. The highest BCUT2D eigenvalue weighted by Gasteiger charge is 2.21. The van der Waals surface area contributed by atoms with E-state index in [0.717, 1.165) is 12.8 Å². The quantitative estimate of drug-likeness (QED) is 0.430. The van der Waals surface area contributed by atoms with Gasteiger partial charge in [-0.3, -0.25) is 9.59 Å². The number of anilines is 1. The zero-order chi connectivity index (χ0) is 24.5. The van der Waals surface area contributed by atoms with Gasteiger partial charge >= 0.3 is 0 Å². The molecule has 3 N–H and O–H groups in total. The Morgan fingerprint density at radius 2 is 1.58 bits per heavy atom. The molecule has 2 aromatic carbocycles. The second-order valence-electron chi connectivity index (χ2n) is 8.61. The van der Waals surface area contributed by atoms with Crippen molar-refractivity contribution in [1.29, 1.82) is 0 Å². The lowest BCUT2D eigenvalue weighted by Gasteiger charge is -2.17. The average molecular weight is 476 g/mol. The third-order valence-electron chi connectivity index (χ3n) is 4.69. The first-order valence-electron chi connectivity index (χ1n) is 10.9. The Hall–Kier alpha value is -2.91. The molecule has 2 amide bonds. The van der Waals surface area contributed by atoms with Gasteiger partial charge in [-0.2, -0.15) is 0 Å². The molecule has 0 radical (unpaired) electrons. The molecule has 2 rings (SSSR count). The van der Waals surface area contributed by atoms with Crippen LogP contribution in [0.3, 0.4) is 0 Å². The molecule has 0 bridgehead atoms. The Bertz CT molecular complexity index is 1030. The van der Waals surface area contributed by atoms with E-state index < -0.39 is 15.4 Å². The monoisotopic (exact) mass is 475 g/mol. The number of hydrogen-bond donors (Lipinski definition) is 3. The fourth-order valence-corrected chi connectivity index (χ4v) is 3.65. The topological polar surface area (TPSA) is 114 Å². The molecule has 0 fully saturated rings. The first kappa shape index (κ1) is 26.3.